The minimum atomic E-state index is -4.14. The van der Waals surface area contributed by atoms with E-state index in [4.69, 9.17) is 9.44 Å². The summed E-state index contributed by atoms with van der Waals surface area (Å²) in [6.45, 7) is 0. The van der Waals surface area contributed by atoms with Crippen LogP contribution in [-0.4, -0.2) is 14.3 Å². The van der Waals surface area contributed by atoms with Crippen LogP contribution in [-0.2, 0) is 10.1 Å². The smallest absolute Gasteiger partial charge is 0.340 e. The van der Waals surface area contributed by atoms with Gasteiger partial charge in [-0.2, -0.15) is 13.7 Å². The Labute approximate surface area is 156 Å². The highest BCUT2D eigenvalue weighted by atomic mass is 32.2. The average molecular weight is 378 g/mol. The van der Waals surface area contributed by atoms with Gasteiger partial charge in [-0.15, -0.1) is 0 Å². The highest BCUT2D eigenvalue weighted by molar-refractivity contribution is 7.87. The molecule has 3 aromatic rings. The van der Waals surface area contributed by atoms with Crippen molar-refractivity contribution in [1.29, 1.82) is 5.26 Å². The zero-order valence-electron chi connectivity index (χ0n) is 14.0. The minimum absolute atomic E-state index is 0.00393. The molecule has 27 heavy (non-hydrogen) atoms. The number of nitrogens with one attached hydrogen (secondary N) is 1. The maximum Gasteiger partial charge on any atom is 0.340 e. The van der Waals surface area contributed by atoms with Gasteiger partial charge in [-0.25, -0.2) is 0 Å². The molecule has 0 spiro atoms. The second kappa shape index (κ2) is 7.72. The molecule has 0 aliphatic carbocycles. The summed E-state index contributed by atoms with van der Waals surface area (Å²) in [5.74, 6) is -0.208. The standard InChI is InChI=1S/C20H14N2O4S/c21-14-16-8-4-5-9-19(16)27(24,25)26-18-12-10-17(11-13-18)22-20(23)15-6-2-1-3-7-15/h1-13H,(H,22,23). The summed E-state index contributed by atoms with van der Waals surface area (Å²) >= 11 is 0. The lowest BCUT2D eigenvalue weighted by Gasteiger charge is -2.09. The number of nitrogens with zero attached hydrogens (tertiary/aromatic N) is 1. The van der Waals surface area contributed by atoms with E-state index in [-0.39, 0.29) is 22.1 Å². The number of nitriles is 1. The van der Waals surface area contributed by atoms with Crippen LogP contribution in [0.5, 0.6) is 5.75 Å². The molecule has 0 aliphatic heterocycles. The van der Waals surface area contributed by atoms with Crippen molar-refractivity contribution in [3.63, 3.8) is 0 Å². The number of carbonyl (C=O) groups is 1. The molecular formula is C20H14N2O4S. The first-order valence-electron chi connectivity index (χ1n) is 7.90. The van der Waals surface area contributed by atoms with Crippen LogP contribution >= 0.6 is 0 Å². The van der Waals surface area contributed by atoms with Crippen molar-refractivity contribution in [1.82, 2.24) is 0 Å². The molecule has 0 atom stereocenters. The van der Waals surface area contributed by atoms with Crippen LogP contribution < -0.4 is 9.50 Å². The molecule has 0 unspecified atom stereocenters. The molecule has 7 heteroatoms. The molecule has 0 heterocycles. The first-order valence-corrected chi connectivity index (χ1v) is 9.30. The third-order valence-electron chi connectivity index (χ3n) is 3.63. The molecular weight excluding hydrogens is 364 g/mol. The van der Waals surface area contributed by atoms with Gasteiger partial charge in [-0.1, -0.05) is 30.3 Å². The predicted molar refractivity (Wildman–Crippen MR) is 99.8 cm³/mol. The van der Waals surface area contributed by atoms with Gasteiger partial charge in [-0.3, -0.25) is 4.79 Å². The van der Waals surface area contributed by atoms with E-state index in [0.717, 1.165) is 0 Å². The molecule has 0 saturated carbocycles. The number of benzene rings is 3. The molecule has 134 valence electrons. The fourth-order valence-electron chi connectivity index (χ4n) is 2.34. The number of hydrogen-bond acceptors (Lipinski definition) is 5. The van der Waals surface area contributed by atoms with Gasteiger partial charge in [0.1, 0.15) is 16.7 Å². The van der Waals surface area contributed by atoms with Crippen molar-refractivity contribution in [3.05, 3.63) is 90.0 Å². The van der Waals surface area contributed by atoms with Crippen LogP contribution in [0.15, 0.2) is 83.8 Å². The van der Waals surface area contributed by atoms with E-state index in [9.17, 15) is 13.2 Å². The normalized spacial score (nSPS) is 10.6. The number of amides is 1. The van der Waals surface area contributed by atoms with E-state index in [1.165, 1.54) is 42.5 Å². The zero-order chi connectivity index (χ0) is 19.3. The van der Waals surface area contributed by atoms with Crippen molar-refractivity contribution in [2.75, 3.05) is 5.32 Å². The highest BCUT2D eigenvalue weighted by Gasteiger charge is 2.20. The van der Waals surface area contributed by atoms with Crippen LogP contribution in [0.3, 0.4) is 0 Å². The van der Waals surface area contributed by atoms with Gasteiger partial charge < -0.3 is 9.50 Å². The lowest BCUT2D eigenvalue weighted by molar-refractivity contribution is 0.102. The molecule has 3 rings (SSSR count). The monoisotopic (exact) mass is 378 g/mol. The summed E-state index contributed by atoms with van der Waals surface area (Å²) in [7, 11) is -4.14. The van der Waals surface area contributed by atoms with Crippen molar-refractivity contribution in [2.24, 2.45) is 0 Å². The van der Waals surface area contributed by atoms with Crippen molar-refractivity contribution in [2.45, 2.75) is 4.90 Å². The molecule has 0 fully saturated rings. The third-order valence-corrected chi connectivity index (χ3v) is 4.94. The van der Waals surface area contributed by atoms with Crippen molar-refractivity contribution < 1.29 is 17.4 Å². The van der Waals surface area contributed by atoms with Crippen molar-refractivity contribution >= 4 is 21.7 Å². The number of hydrogen-bond donors (Lipinski definition) is 1. The zero-order valence-corrected chi connectivity index (χ0v) is 14.8. The minimum Gasteiger partial charge on any atom is -0.379 e. The third kappa shape index (κ3) is 4.32. The Morgan fingerprint density at radius 2 is 1.52 bits per heavy atom. The van der Waals surface area contributed by atoms with Gasteiger partial charge in [0.15, 0.2) is 0 Å². The predicted octanol–water partition coefficient (Wildman–Crippen LogP) is 3.58. The van der Waals surface area contributed by atoms with Crippen LogP contribution in [0.4, 0.5) is 5.69 Å². The topological polar surface area (TPSA) is 96.3 Å². The van der Waals surface area contributed by atoms with Crippen LogP contribution in [0.2, 0.25) is 0 Å². The van der Waals surface area contributed by atoms with Gasteiger partial charge >= 0.3 is 10.1 Å². The van der Waals surface area contributed by atoms with Gasteiger partial charge in [-0.05, 0) is 48.5 Å². The Balaban J connectivity index is 1.74. The molecule has 0 saturated heterocycles. The van der Waals surface area contributed by atoms with E-state index < -0.39 is 10.1 Å². The summed E-state index contributed by atoms with van der Waals surface area (Å²) < 4.78 is 29.9. The summed E-state index contributed by atoms with van der Waals surface area (Å²) in [4.78, 5) is 11.9. The summed E-state index contributed by atoms with van der Waals surface area (Å²) in [5, 5.41) is 11.8. The first-order chi connectivity index (χ1) is 13.0. The summed E-state index contributed by atoms with van der Waals surface area (Å²) in [6, 6.07) is 22.2. The second-order valence-corrected chi connectivity index (χ2v) is 7.00. The maximum absolute atomic E-state index is 12.4. The number of rotatable bonds is 5. The Kier molecular flexibility index (Phi) is 5.20. The van der Waals surface area contributed by atoms with Gasteiger partial charge in [0.25, 0.3) is 5.91 Å². The van der Waals surface area contributed by atoms with E-state index in [1.807, 2.05) is 12.1 Å². The highest BCUT2D eigenvalue weighted by Crippen LogP contribution is 2.23. The van der Waals surface area contributed by atoms with E-state index in [0.29, 0.717) is 11.3 Å². The lowest BCUT2D eigenvalue weighted by Crippen LogP contribution is -2.12. The Bertz CT molecular complexity index is 1100. The molecule has 0 aliphatic rings. The SMILES string of the molecule is N#Cc1ccccc1S(=O)(=O)Oc1ccc(NC(=O)c2ccccc2)cc1. The van der Waals surface area contributed by atoms with E-state index in [2.05, 4.69) is 5.32 Å². The molecule has 1 amide bonds. The largest absolute Gasteiger partial charge is 0.379 e. The fourth-order valence-corrected chi connectivity index (χ4v) is 3.42. The molecule has 0 bridgehead atoms. The summed E-state index contributed by atoms with van der Waals surface area (Å²) in [5.41, 5.74) is 1.00. The van der Waals surface area contributed by atoms with Crippen LogP contribution in [0, 0.1) is 11.3 Å². The number of anilines is 1. The lowest BCUT2D eigenvalue weighted by atomic mass is 10.2. The van der Waals surface area contributed by atoms with Gasteiger partial charge in [0.2, 0.25) is 0 Å². The molecule has 0 aromatic heterocycles. The molecule has 3 aromatic carbocycles. The first kappa shape index (κ1) is 18.2. The molecule has 1 N–H and O–H groups in total. The number of carbonyl (C=O) groups excluding carboxylic acids is 1. The van der Waals surface area contributed by atoms with Crippen LogP contribution in [0.1, 0.15) is 15.9 Å². The van der Waals surface area contributed by atoms with Gasteiger partial charge in [0.05, 0.1) is 5.56 Å². The fraction of sp³-hybridized carbons (Fsp3) is 0. The van der Waals surface area contributed by atoms with Crippen molar-refractivity contribution in [3.8, 4) is 11.8 Å². The Morgan fingerprint density at radius 3 is 2.19 bits per heavy atom. The van der Waals surface area contributed by atoms with Crippen LogP contribution in [0.25, 0.3) is 0 Å². The Morgan fingerprint density at radius 1 is 0.889 bits per heavy atom. The molecule has 0 radical (unpaired) electrons. The van der Waals surface area contributed by atoms with E-state index in [1.54, 1.807) is 30.3 Å². The Hall–Kier alpha value is -3.63. The second-order valence-electron chi connectivity index (χ2n) is 5.49. The maximum atomic E-state index is 12.4. The van der Waals surface area contributed by atoms with E-state index >= 15 is 0 Å². The quantitative estimate of drug-likeness (QED) is 0.685. The summed E-state index contributed by atoms with van der Waals surface area (Å²) in [6.07, 6.45) is 0. The van der Waals surface area contributed by atoms with Gasteiger partial charge in [0, 0.05) is 11.3 Å². The molecule has 6 nitrogen and oxygen atoms in total. The average Bonchev–Trinajstić information content (AvgIpc) is 2.70.